The van der Waals surface area contributed by atoms with Crippen molar-refractivity contribution in [3.05, 3.63) is 36.0 Å². The Hall–Kier alpha value is -1.28. The third kappa shape index (κ3) is 1.63. The van der Waals surface area contributed by atoms with E-state index in [0.717, 1.165) is 11.1 Å². The van der Waals surface area contributed by atoms with Crippen LogP contribution in [0.3, 0.4) is 0 Å². The predicted octanol–water partition coefficient (Wildman–Crippen LogP) is 3.39. The molecule has 3 rings (SSSR count). The fourth-order valence-corrected chi connectivity index (χ4v) is 2.80. The predicted molar refractivity (Wildman–Crippen MR) is 65.2 cm³/mol. The first-order valence-electron chi connectivity index (χ1n) is 6.10. The summed E-state index contributed by atoms with van der Waals surface area (Å²) in [5.41, 5.74) is 2.21. The third-order valence-corrected chi connectivity index (χ3v) is 3.77. The summed E-state index contributed by atoms with van der Waals surface area (Å²) in [4.78, 5) is 3.17. The Balaban J connectivity index is 1.91. The zero-order chi connectivity index (χ0) is 11.0. The monoisotopic (exact) mass is 215 g/mol. The number of aliphatic hydroxyl groups is 1. The van der Waals surface area contributed by atoms with E-state index in [1.165, 1.54) is 31.1 Å². The first kappa shape index (κ1) is 9.91. The Morgan fingerprint density at radius 2 is 2.00 bits per heavy atom. The number of aromatic nitrogens is 1. The number of aromatic amines is 1. The lowest BCUT2D eigenvalue weighted by Crippen LogP contribution is -2.08. The smallest absolute Gasteiger partial charge is 0.0818 e. The molecule has 0 spiro atoms. The van der Waals surface area contributed by atoms with Gasteiger partial charge >= 0.3 is 0 Å². The van der Waals surface area contributed by atoms with Gasteiger partial charge in [-0.25, -0.2) is 0 Å². The Labute approximate surface area is 95.3 Å². The molecule has 2 nitrogen and oxygen atoms in total. The number of benzene rings is 1. The molecule has 1 aromatic heterocycles. The normalized spacial score (nSPS) is 19.3. The van der Waals surface area contributed by atoms with Crippen LogP contribution in [0.15, 0.2) is 30.5 Å². The average Bonchev–Trinajstić information content (AvgIpc) is 2.98. The molecule has 2 N–H and O–H groups in total. The molecule has 2 heteroatoms. The summed E-state index contributed by atoms with van der Waals surface area (Å²) in [6, 6.07) is 8.26. The van der Waals surface area contributed by atoms with E-state index >= 15 is 0 Å². The Morgan fingerprint density at radius 3 is 2.81 bits per heavy atom. The number of rotatable bonds is 2. The van der Waals surface area contributed by atoms with Crippen molar-refractivity contribution < 1.29 is 5.11 Å². The minimum absolute atomic E-state index is 0.276. The standard InChI is InChI=1S/C14H17NO/c16-14(10-3-1-2-4-10)12-5-6-13-11(9-12)7-8-15-13/h5-10,14-16H,1-4H2. The molecule has 0 amide bonds. The lowest BCUT2D eigenvalue weighted by molar-refractivity contribution is 0.112. The van der Waals surface area contributed by atoms with Gasteiger partial charge in [-0.15, -0.1) is 0 Å². The molecule has 1 aliphatic rings. The fourth-order valence-electron chi connectivity index (χ4n) is 2.80. The van der Waals surface area contributed by atoms with Gasteiger partial charge in [0.1, 0.15) is 0 Å². The Morgan fingerprint density at radius 1 is 1.19 bits per heavy atom. The van der Waals surface area contributed by atoms with Gasteiger partial charge in [-0.3, -0.25) is 0 Å². The molecular weight excluding hydrogens is 198 g/mol. The van der Waals surface area contributed by atoms with Gasteiger partial charge in [-0.1, -0.05) is 18.9 Å². The van der Waals surface area contributed by atoms with Crippen LogP contribution in [0.1, 0.15) is 37.4 Å². The van der Waals surface area contributed by atoms with Crippen molar-refractivity contribution in [2.45, 2.75) is 31.8 Å². The van der Waals surface area contributed by atoms with Crippen LogP contribution >= 0.6 is 0 Å². The second-order valence-corrected chi connectivity index (χ2v) is 4.81. The molecule has 0 bridgehead atoms. The summed E-state index contributed by atoms with van der Waals surface area (Å²) >= 11 is 0. The minimum Gasteiger partial charge on any atom is -0.388 e. The van der Waals surface area contributed by atoms with Gasteiger partial charge in [0, 0.05) is 11.7 Å². The van der Waals surface area contributed by atoms with Crippen LogP contribution in [-0.4, -0.2) is 10.1 Å². The highest BCUT2D eigenvalue weighted by atomic mass is 16.3. The number of fused-ring (bicyclic) bond motifs is 1. The lowest BCUT2D eigenvalue weighted by Gasteiger charge is -2.17. The highest BCUT2D eigenvalue weighted by molar-refractivity contribution is 5.80. The number of nitrogens with one attached hydrogen (secondary N) is 1. The molecule has 1 heterocycles. The molecule has 1 aromatic carbocycles. The van der Waals surface area contributed by atoms with E-state index in [2.05, 4.69) is 23.2 Å². The summed E-state index contributed by atoms with van der Waals surface area (Å²) in [6.07, 6.45) is 6.55. The SMILES string of the molecule is OC(c1ccc2[nH]ccc2c1)C1CCCC1. The second-order valence-electron chi connectivity index (χ2n) is 4.81. The summed E-state index contributed by atoms with van der Waals surface area (Å²) in [7, 11) is 0. The van der Waals surface area contributed by atoms with Gasteiger partial charge in [0.05, 0.1) is 6.10 Å². The molecule has 0 aliphatic heterocycles. The summed E-state index contributed by atoms with van der Waals surface area (Å²) in [6.45, 7) is 0. The van der Waals surface area contributed by atoms with Crippen LogP contribution in [0.25, 0.3) is 10.9 Å². The van der Waals surface area contributed by atoms with Crippen LogP contribution in [0.5, 0.6) is 0 Å². The van der Waals surface area contributed by atoms with E-state index in [9.17, 15) is 5.11 Å². The summed E-state index contributed by atoms with van der Waals surface area (Å²) in [5.74, 6) is 0.469. The largest absolute Gasteiger partial charge is 0.388 e. The molecule has 1 aliphatic carbocycles. The van der Waals surface area contributed by atoms with Gasteiger partial charge in [-0.05, 0) is 47.9 Å². The van der Waals surface area contributed by atoms with Crippen LogP contribution in [0.4, 0.5) is 0 Å². The van der Waals surface area contributed by atoms with E-state index in [0.29, 0.717) is 5.92 Å². The van der Waals surface area contributed by atoms with E-state index in [1.807, 2.05) is 12.3 Å². The second kappa shape index (κ2) is 3.95. The highest BCUT2D eigenvalue weighted by Crippen LogP contribution is 2.36. The van der Waals surface area contributed by atoms with E-state index < -0.39 is 0 Å². The molecule has 0 saturated heterocycles. The average molecular weight is 215 g/mol. The van der Waals surface area contributed by atoms with Crippen molar-refractivity contribution in [3.63, 3.8) is 0 Å². The molecule has 84 valence electrons. The highest BCUT2D eigenvalue weighted by Gasteiger charge is 2.24. The first-order chi connectivity index (χ1) is 7.84. The lowest BCUT2D eigenvalue weighted by atomic mass is 9.94. The maximum absolute atomic E-state index is 10.3. The van der Waals surface area contributed by atoms with Gasteiger partial charge in [-0.2, -0.15) is 0 Å². The van der Waals surface area contributed by atoms with E-state index in [4.69, 9.17) is 0 Å². The van der Waals surface area contributed by atoms with Gasteiger partial charge in [0.25, 0.3) is 0 Å². The van der Waals surface area contributed by atoms with Crippen LogP contribution in [-0.2, 0) is 0 Å². The maximum atomic E-state index is 10.3. The van der Waals surface area contributed by atoms with Crippen LogP contribution in [0, 0.1) is 5.92 Å². The van der Waals surface area contributed by atoms with Crippen molar-refractivity contribution in [2.24, 2.45) is 5.92 Å². The topological polar surface area (TPSA) is 36.0 Å². The van der Waals surface area contributed by atoms with Crippen molar-refractivity contribution in [1.82, 2.24) is 4.98 Å². The summed E-state index contributed by atoms with van der Waals surface area (Å²) in [5, 5.41) is 11.5. The van der Waals surface area contributed by atoms with Crippen molar-refractivity contribution in [3.8, 4) is 0 Å². The van der Waals surface area contributed by atoms with Crippen molar-refractivity contribution in [2.75, 3.05) is 0 Å². The van der Waals surface area contributed by atoms with E-state index in [-0.39, 0.29) is 6.10 Å². The van der Waals surface area contributed by atoms with Crippen LogP contribution in [0.2, 0.25) is 0 Å². The molecule has 0 radical (unpaired) electrons. The minimum atomic E-state index is -0.276. The molecule has 16 heavy (non-hydrogen) atoms. The third-order valence-electron chi connectivity index (χ3n) is 3.77. The number of hydrogen-bond acceptors (Lipinski definition) is 1. The van der Waals surface area contributed by atoms with Crippen molar-refractivity contribution >= 4 is 10.9 Å². The maximum Gasteiger partial charge on any atom is 0.0818 e. The zero-order valence-electron chi connectivity index (χ0n) is 9.32. The number of hydrogen-bond donors (Lipinski definition) is 2. The van der Waals surface area contributed by atoms with Crippen molar-refractivity contribution in [1.29, 1.82) is 0 Å². The molecule has 2 aromatic rings. The molecule has 1 fully saturated rings. The van der Waals surface area contributed by atoms with Crippen LogP contribution < -0.4 is 0 Å². The fraction of sp³-hybridized carbons (Fsp3) is 0.429. The Kier molecular flexibility index (Phi) is 2.44. The first-order valence-corrected chi connectivity index (χ1v) is 6.10. The van der Waals surface area contributed by atoms with Gasteiger partial charge < -0.3 is 10.1 Å². The molecular formula is C14H17NO. The number of aliphatic hydroxyl groups excluding tert-OH is 1. The van der Waals surface area contributed by atoms with Gasteiger partial charge in [0.15, 0.2) is 0 Å². The van der Waals surface area contributed by atoms with E-state index in [1.54, 1.807) is 0 Å². The molecule has 1 unspecified atom stereocenters. The van der Waals surface area contributed by atoms with Gasteiger partial charge in [0.2, 0.25) is 0 Å². The molecule has 1 atom stereocenters. The quantitative estimate of drug-likeness (QED) is 0.791. The zero-order valence-corrected chi connectivity index (χ0v) is 9.32. The Bertz CT molecular complexity index is 482. The molecule has 1 saturated carbocycles. The summed E-state index contributed by atoms with van der Waals surface area (Å²) < 4.78 is 0. The number of H-pyrrole nitrogens is 1.